The number of hydrogen-bond acceptors (Lipinski definition) is 6. The highest BCUT2D eigenvalue weighted by Gasteiger charge is 2.19. The lowest BCUT2D eigenvalue weighted by Crippen LogP contribution is -2.30. The maximum Gasteiger partial charge on any atom is 0.306 e. The number of allylic oxidation sites excluding steroid dienone is 12. The Bertz CT molecular complexity index is 1470. The maximum absolute atomic E-state index is 12.9. The van der Waals surface area contributed by atoms with Crippen LogP contribution in [0.4, 0.5) is 0 Å². The molecule has 0 radical (unpaired) electrons. The van der Waals surface area contributed by atoms with Gasteiger partial charge in [-0.3, -0.25) is 14.4 Å². The van der Waals surface area contributed by atoms with E-state index in [2.05, 4.69) is 93.7 Å². The topological polar surface area (TPSA) is 78.9 Å². The minimum absolute atomic E-state index is 0.0695. The van der Waals surface area contributed by atoms with Crippen molar-refractivity contribution in [1.29, 1.82) is 0 Å². The first-order valence-electron chi connectivity index (χ1n) is 34.9. The molecule has 464 valence electrons. The Labute approximate surface area is 497 Å². The first kappa shape index (κ1) is 76.9. The summed E-state index contributed by atoms with van der Waals surface area (Å²) in [5.74, 6) is -0.851. The molecule has 0 aliphatic carbocycles. The van der Waals surface area contributed by atoms with Crippen molar-refractivity contribution in [2.24, 2.45) is 0 Å². The van der Waals surface area contributed by atoms with Crippen LogP contribution in [0, 0.1) is 0 Å². The van der Waals surface area contributed by atoms with Gasteiger partial charge in [0.2, 0.25) is 0 Å². The normalized spacial score (nSPS) is 12.5. The third kappa shape index (κ3) is 65.7. The zero-order valence-electron chi connectivity index (χ0n) is 53.3. The summed E-state index contributed by atoms with van der Waals surface area (Å²) in [5.41, 5.74) is 0. The van der Waals surface area contributed by atoms with Crippen LogP contribution in [0.25, 0.3) is 0 Å². The van der Waals surface area contributed by atoms with Crippen molar-refractivity contribution in [2.45, 2.75) is 367 Å². The third-order valence-corrected chi connectivity index (χ3v) is 15.5. The van der Waals surface area contributed by atoms with Crippen molar-refractivity contribution < 1.29 is 28.6 Å². The minimum atomic E-state index is -0.772. The van der Waals surface area contributed by atoms with Gasteiger partial charge in [-0.2, -0.15) is 0 Å². The van der Waals surface area contributed by atoms with E-state index in [0.717, 1.165) is 96.3 Å². The van der Waals surface area contributed by atoms with E-state index in [1.165, 1.54) is 225 Å². The van der Waals surface area contributed by atoms with Gasteiger partial charge in [0.15, 0.2) is 6.10 Å². The van der Waals surface area contributed by atoms with Gasteiger partial charge < -0.3 is 14.2 Å². The first-order chi connectivity index (χ1) is 39.5. The number of rotatable bonds is 64. The number of ether oxygens (including phenoxy) is 3. The van der Waals surface area contributed by atoms with Gasteiger partial charge in [-0.1, -0.05) is 344 Å². The lowest BCUT2D eigenvalue weighted by atomic mass is 10.0. The third-order valence-electron chi connectivity index (χ3n) is 15.5. The van der Waals surface area contributed by atoms with Crippen LogP contribution in [0.3, 0.4) is 0 Å². The van der Waals surface area contributed by atoms with Crippen LogP contribution in [0.1, 0.15) is 361 Å². The molecule has 0 aromatic carbocycles. The molecule has 0 spiro atoms. The van der Waals surface area contributed by atoms with E-state index in [0.29, 0.717) is 19.3 Å². The molecule has 0 heterocycles. The van der Waals surface area contributed by atoms with Crippen molar-refractivity contribution in [3.63, 3.8) is 0 Å². The van der Waals surface area contributed by atoms with Crippen LogP contribution in [0.15, 0.2) is 72.9 Å². The molecule has 0 aromatic rings. The Morgan fingerprint density at radius 2 is 0.487 bits per heavy atom. The molecule has 6 heteroatoms. The van der Waals surface area contributed by atoms with E-state index >= 15 is 0 Å². The number of carbonyl (C=O) groups excluding carboxylic acids is 3. The zero-order chi connectivity index (χ0) is 57.8. The number of esters is 3. The molecule has 0 rings (SSSR count). The molecule has 0 aliphatic rings. The lowest BCUT2D eigenvalue weighted by molar-refractivity contribution is -0.167. The molecule has 0 saturated carbocycles. The SMILES string of the molecule is CC/C=C\C/C=C\C/C=C\C/C=C\C/C=C\C/C=C\CCCCCCCCCCCCCCC(=O)OCC(COC(=O)CCCCCCCCCCCC)OC(=O)CCCCCCCCCCCCCCCCCCCCCCC. The lowest BCUT2D eigenvalue weighted by Gasteiger charge is -2.18. The molecular weight excluding hydrogens is 985 g/mol. The summed E-state index contributed by atoms with van der Waals surface area (Å²) in [6.45, 7) is 6.57. The van der Waals surface area contributed by atoms with Crippen LogP contribution < -0.4 is 0 Å². The Kier molecular flexibility index (Phi) is 65.7. The van der Waals surface area contributed by atoms with Crippen LogP contribution >= 0.6 is 0 Å². The average molecular weight is 1120 g/mol. The molecule has 0 N–H and O–H groups in total. The van der Waals surface area contributed by atoms with E-state index in [1.54, 1.807) is 0 Å². The van der Waals surface area contributed by atoms with Gasteiger partial charge in [-0.25, -0.2) is 0 Å². The Balaban J connectivity index is 4.16. The zero-order valence-corrected chi connectivity index (χ0v) is 53.3. The van der Waals surface area contributed by atoms with Gasteiger partial charge in [0, 0.05) is 19.3 Å². The molecule has 80 heavy (non-hydrogen) atoms. The highest BCUT2D eigenvalue weighted by molar-refractivity contribution is 5.71. The minimum Gasteiger partial charge on any atom is -0.462 e. The summed E-state index contributed by atoms with van der Waals surface area (Å²) in [6, 6.07) is 0. The van der Waals surface area contributed by atoms with Crippen molar-refractivity contribution in [3.8, 4) is 0 Å². The Morgan fingerprint density at radius 1 is 0.263 bits per heavy atom. The molecule has 6 nitrogen and oxygen atoms in total. The number of unbranched alkanes of at least 4 members (excludes halogenated alkanes) is 41. The second kappa shape index (κ2) is 68.3. The summed E-state index contributed by atoms with van der Waals surface area (Å²) >= 11 is 0. The highest BCUT2D eigenvalue weighted by atomic mass is 16.6. The summed E-state index contributed by atoms with van der Waals surface area (Å²) in [4.78, 5) is 38.3. The smallest absolute Gasteiger partial charge is 0.306 e. The van der Waals surface area contributed by atoms with E-state index < -0.39 is 6.10 Å². The fraction of sp³-hybridized carbons (Fsp3) is 0.797. The van der Waals surface area contributed by atoms with E-state index in [-0.39, 0.29) is 31.1 Å². The number of hydrogen-bond donors (Lipinski definition) is 0. The van der Waals surface area contributed by atoms with Gasteiger partial charge in [0.25, 0.3) is 0 Å². The van der Waals surface area contributed by atoms with Crippen molar-refractivity contribution in [1.82, 2.24) is 0 Å². The second-order valence-electron chi connectivity index (χ2n) is 23.4. The highest BCUT2D eigenvalue weighted by Crippen LogP contribution is 2.18. The van der Waals surface area contributed by atoms with Gasteiger partial charge in [-0.05, 0) is 70.6 Å². The summed E-state index contributed by atoms with van der Waals surface area (Å²) in [7, 11) is 0. The van der Waals surface area contributed by atoms with Gasteiger partial charge in [-0.15, -0.1) is 0 Å². The van der Waals surface area contributed by atoms with Crippen LogP contribution in [0.2, 0.25) is 0 Å². The predicted molar refractivity (Wildman–Crippen MR) is 348 cm³/mol. The number of carbonyl (C=O) groups is 3. The van der Waals surface area contributed by atoms with Gasteiger partial charge in [0.05, 0.1) is 0 Å². The summed E-state index contributed by atoms with van der Waals surface area (Å²) in [5, 5.41) is 0. The molecule has 0 amide bonds. The molecule has 0 bridgehead atoms. The molecule has 0 saturated heterocycles. The fourth-order valence-corrected chi connectivity index (χ4v) is 10.3. The summed E-state index contributed by atoms with van der Waals surface area (Å²) < 4.78 is 16.9. The molecule has 0 aromatic heterocycles. The molecule has 1 atom stereocenters. The van der Waals surface area contributed by atoms with Crippen LogP contribution in [-0.4, -0.2) is 37.2 Å². The van der Waals surface area contributed by atoms with Crippen molar-refractivity contribution >= 4 is 17.9 Å². The van der Waals surface area contributed by atoms with E-state index in [4.69, 9.17) is 14.2 Å². The monoisotopic (exact) mass is 1120 g/mol. The predicted octanol–water partition coefficient (Wildman–Crippen LogP) is 24.1. The molecular formula is C74H132O6. The second-order valence-corrected chi connectivity index (χ2v) is 23.4. The Hall–Kier alpha value is -3.15. The van der Waals surface area contributed by atoms with Crippen LogP contribution in [0.5, 0.6) is 0 Å². The Morgan fingerprint density at radius 3 is 0.762 bits per heavy atom. The van der Waals surface area contributed by atoms with E-state index in [9.17, 15) is 14.4 Å². The van der Waals surface area contributed by atoms with Crippen molar-refractivity contribution in [2.75, 3.05) is 13.2 Å². The quantitative estimate of drug-likeness (QED) is 0.0261. The average Bonchev–Trinajstić information content (AvgIpc) is 3.46. The molecule has 0 aliphatic heterocycles. The van der Waals surface area contributed by atoms with Gasteiger partial charge >= 0.3 is 17.9 Å². The molecule has 1 unspecified atom stereocenters. The van der Waals surface area contributed by atoms with Crippen LogP contribution in [-0.2, 0) is 28.6 Å². The fourth-order valence-electron chi connectivity index (χ4n) is 10.3. The largest absolute Gasteiger partial charge is 0.462 e. The van der Waals surface area contributed by atoms with Gasteiger partial charge in [0.1, 0.15) is 13.2 Å². The van der Waals surface area contributed by atoms with Crippen molar-refractivity contribution in [3.05, 3.63) is 72.9 Å². The maximum atomic E-state index is 12.9. The molecule has 0 fully saturated rings. The summed E-state index contributed by atoms with van der Waals surface area (Å²) in [6.07, 6.45) is 89.3. The standard InChI is InChI=1S/C74H132O6/c1-4-7-10-13-16-19-22-24-26-28-30-32-33-34-35-36-37-38-39-40-41-43-44-46-48-50-52-55-58-61-64-67-73(76)79-70-71(69-78-72(75)66-63-60-57-54-21-18-15-12-9-6-3)80-74(77)68-65-62-59-56-53-51-49-47-45-42-31-29-27-25-23-20-17-14-11-8-5-2/h7,10,16,19,24,26,30,32,34-35,37-38,71H,4-6,8-9,11-15,17-18,20-23,25,27-29,31,33,36,39-70H2,1-3H3/b10-7-,19-16-,26-24-,32-30-,35-34-,38-37-. The van der Waals surface area contributed by atoms with E-state index in [1.807, 2.05) is 0 Å². The first-order valence-corrected chi connectivity index (χ1v) is 34.9.